The molecule has 3 fully saturated rings. The van der Waals surface area contributed by atoms with Gasteiger partial charge >= 0.3 is 5.97 Å². The highest BCUT2D eigenvalue weighted by Gasteiger charge is 2.58. The fourth-order valence-electron chi connectivity index (χ4n) is 4.03. The zero-order valence-corrected chi connectivity index (χ0v) is 13.2. The maximum Gasteiger partial charge on any atom is 0.314 e. The number of esters is 1. The van der Waals surface area contributed by atoms with E-state index in [4.69, 9.17) is 4.74 Å². The summed E-state index contributed by atoms with van der Waals surface area (Å²) in [7, 11) is 0. The van der Waals surface area contributed by atoms with Gasteiger partial charge in [-0.3, -0.25) is 4.79 Å². The van der Waals surface area contributed by atoms with Gasteiger partial charge in [0.15, 0.2) is 0 Å². The third kappa shape index (κ3) is 2.66. The first-order valence-corrected chi connectivity index (χ1v) is 8.24. The van der Waals surface area contributed by atoms with Crippen molar-refractivity contribution in [2.24, 2.45) is 5.41 Å². The Morgan fingerprint density at radius 3 is 2.55 bits per heavy atom. The van der Waals surface area contributed by atoms with Gasteiger partial charge in [-0.15, -0.1) is 0 Å². The molecule has 0 aliphatic heterocycles. The van der Waals surface area contributed by atoms with Crippen molar-refractivity contribution in [1.29, 1.82) is 0 Å². The predicted molar refractivity (Wildman–Crippen MR) is 84.2 cm³/mol. The zero-order valence-electron chi connectivity index (χ0n) is 13.2. The summed E-state index contributed by atoms with van der Waals surface area (Å²) in [6, 6.07) is 10.3. The number of ether oxygens (including phenoxy) is 1. The van der Waals surface area contributed by atoms with Crippen LogP contribution in [0.1, 0.15) is 44.6 Å². The van der Waals surface area contributed by atoms with Crippen molar-refractivity contribution >= 4 is 5.97 Å². The van der Waals surface area contributed by atoms with E-state index < -0.39 is 11.5 Å². The minimum atomic E-state index is -0.661. The topological polar surface area (TPSA) is 58.6 Å². The summed E-state index contributed by atoms with van der Waals surface area (Å²) in [5, 5.41) is 14.2. The highest BCUT2D eigenvalue weighted by Crippen LogP contribution is 2.53. The molecule has 1 aromatic rings. The number of rotatable bonds is 5. The third-order valence-corrected chi connectivity index (χ3v) is 5.51. The number of hydrogen-bond donors (Lipinski definition) is 2. The molecule has 1 aromatic carbocycles. The van der Waals surface area contributed by atoms with Gasteiger partial charge in [-0.25, -0.2) is 0 Å². The highest BCUT2D eigenvalue weighted by atomic mass is 16.5. The van der Waals surface area contributed by atoms with Crippen LogP contribution in [0.25, 0.3) is 0 Å². The van der Waals surface area contributed by atoms with Crippen LogP contribution in [0.3, 0.4) is 0 Å². The lowest BCUT2D eigenvalue weighted by atomic mass is 9.55. The first-order chi connectivity index (χ1) is 10.6. The van der Waals surface area contributed by atoms with Crippen molar-refractivity contribution in [2.75, 3.05) is 6.61 Å². The Kier molecular flexibility index (Phi) is 4.24. The fraction of sp³-hybridized carbons (Fsp3) is 0.611. The monoisotopic (exact) mass is 303 g/mol. The smallest absolute Gasteiger partial charge is 0.314 e. The number of nitrogens with one attached hydrogen (secondary N) is 1. The summed E-state index contributed by atoms with van der Waals surface area (Å²) in [6.07, 6.45) is 3.32. The van der Waals surface area contributed by atoms with E-state index in [1.54, 1.807) is 0 Å². The summed E-state index contributed by atoms with van der Waals surface area (Å²) in [6.45, 7) is 3.00. The van der Waals surface area contributed by atoms with Crippen LogP contribution >= 0.6 is 0 Å². The van der Waals surface area contributed by atoms with Gasteiger partial charge in [0.1, 0.15) is 0 Å². The summed E-state index contributed by atoms with van der Waals surface area (Å²) in [4.78, 5) is 12.3. The second kappa shape index (κ2) is 6.01. The summed E-state index contributed by atoms with van der Waals surface area (Å²) >= 11 is 0. The molecule has 2 bridgehead atoms. The zero-order chi connectivity index (χ0) is 15.6. The summed E-state index contributed by atoms with van der Waals surface area (Å²) < 4.78 is 5.21. The second-order valence-corrected chi connectivity index (χ2v) is 6.72. The van der Waals surface area contributed by atoms with Crippen LogP contribution in [0, 0.1) is 5.41 Å². The fourth-order valence-corrected chi connectivity index (χ4v) is 4.03. The molecule has 0 spiro atoms. The van der Waals surface area contributed by atoms with E-state index in [1.807, 2.05) is 25.1 Å². The van der Waals surface area contributed by atoms with Crippen LogP contribution < -0.4 is 5.32 Å². The average Bonchev–Trinajstić information content (AvgIpc) is 2.55. The molecule has 0 radical (unpaired) electrons. The predicted octanol–water partition coefficient (Wildman–Crippen LogP) is 2.40. The molecule has 0 saturated heterocycles. The third-order valence-electron chi connectivity index (χ3n) is 5.51. The minimum Gasteiger partial charge on any atom is -0.465 e. The van der Waals surface area contributed by atoms with E-state index >= 15 is 0 Å². The largest absolute Gasteiger partial charge is 0.465 e. The highest BCUT2D eigenvalue weighted by molar-refractivity contribution is 5.78. The number of aliphatic hydroxyl groups excluding tert-OH is 1. The number of carbonyl (C=O) groups is 1. The summed E-state index contributed by atoms with van der Waals surface area (Å²) in [5.41, 5.74) is 0.551. The molecule has 4 heteroatoms. The first kappa shape index (κ1) is 15.5. The second-order valence-electron chi connectivity index (χ2n) is 6.72. The molecule has 1 unspecified atom stereocenters. The van der Waals surface area contributed by atoms with Crippen molar-refractivity contribution in [3.63, 3.8) is 0 Å². The first-order valence-electron chi connectivity index (χ1n) is 8.24. The van der Waals surface area contributed by atoms with Crippen LogP contribution in [0.5, 0.6) is 0 Å². The number of benzene rings is 1. The lowest BCUT2D eigenvalue weighted by Gasteiger charge is -2.54. The lowest BCUT2D eigenvalue weighted by molar-refractivity contribution is -0.178. The van der Waals surface area contributed by atoms with E-state index in [1.165, 1.54) is 5.56 Å². The average molecular weight is 303 g/mol. The number of carbonyl (C=O) groups excluding carboxylic acids is 1. The van der Waals surface area contributed by atoms with Crippen LogP contribution in [-0.4, -0.2) is 29.3 Å². The standard InChI is InChI=1S/C18H25NO3/c1-2-22-16(21)18-10-8-17(9-11-18,12-15(18)20)19-13-14-6-4-3-5-7-14/h3-7,15,19-20H,2,8-13H2,1H3. The van der Waals surface area contributed by atoms with Gasteiger partial charge in [-0.2, -0.15) is 0 Å². The normalized spacial score (nSPS) is 33.6. The molecule has 4 rings (SSSR count). The van der Waals surface area contributed by atoms with Gasteiger partial charge in [-0.1, -0.05) is 30.3 Å². The van der Waals surface area contributed by atoms with Crippen molar-refractivity contribution in [2.45, 2.75) is 57.2 Å². The molecule has 22 heavy (non-hydrogen) atoms. The molecule has 0 amide bonds. The van der Waals surface area contributed by atoms with Crippen LogP contribution in [-0.2, 0) is 16.1 Å². The molecule has 0 heterocycles. The van der Waals surface area contributed by atoms with Crippen LogP contribution in [0.2, 0.25) is 0 Å². The Bertz CT molecular complexity index is 520. The Hall–Kier alpha value is -1.39. The quantitative estimate of drug-likeness (QED) is 0.820. The van der Waals surface area contributed by atoms with Gasteiger partial charge in [0.05, 0.1) is 18.1 Å². The SMILES string of the molecule is CCOC(=O)C12CCC(NCc3ccccc3)(CC1)CC2O. The van der Waals surface area contributed by atoms with Crippen molar-refractivity contribution in [1.82, 2.24) is 5.32 Å². The van der Waals surface area contributed by atoms with Gasteiger partial charge < -0.3 is 15.2 Å². The molecule has 3 aliphatic carbocycles. The maximum absolute atomic E-state index is 12.3. The van der Waals surface area contributed by atoms with E-state index in [0.717, 1.165) is 32.2 Å². The Morgan fingerprint density at radius 2 is 1.95 bits per heavy atom. The van der Waals surface area contributed by atoms with Gasteiger partial charge in [0, 0.05) is 12.1 Å². The molecule has 0 aromatic heterocycles. The molecule has 2 N–H and O–H groups in total. The molecule has 120 valence electrons. The number of hydrogen-bond acceptors (Lipinski definition) is 4. The van der Waals surface area contributed by atoms with Crippen LogP contribution in [0.4, 0.5) is 0 Å². The molecular weight excluding hydrogens is 278 g/mol. The van der Waals surface area contributed by atoms with Crippen molar-refractivity contribution in [3.8, 4) is 0 Å². The van der Waals surface area contributed by atoms with E-state index in [9.17, 15) is 9.90 Å². The van der Waals surface area contributed by atoms with Crippen molar-refractivity contribution in [3.05, 3.63) is 35.9 Å². The van der Waals surface area contributed by atoms with Gasteiger partial charge in [-0.05, 0) is 44.6 Å². The van der Waals surface area contributed by atoms with E-state index in [0.29, 0.717) is 13.0 Å². The van der Waals surface area contributed by atoms with E-state index in [2.05, 4.69) is 17.4 Å². The Balaban J connectivity index is 1.66. The lowest BCUT2D eigenvalue weighted by Crippen LogP contribution is -2.63. The molecule has 4 nitrogen and oxygen atoms in total. The van der Waals surface area contributed by atoms with Crippen molar-refractivity contribution < 1.29 is 14.6 Å². The van der Waals surface area contributed by atoms with Gasteiger partial charge in [0.25, 0.3) is 0 Å². The maximum atomic E-state index is 12.3. The molecule has 3 aliphatic rings. The molecule has 3 saturated carbocycles. The van der Waals surface area contributed by atoms with Crippen LogP contribution in [0.15, 0.2) is 30.3 Å². The molecule has 1 atom stereocenters. The molecular formula is C18H25NO3. The Morgan fingerprint density at radius 1 is 1.27 bits per heavy atom. The van der Waals surface area contributed by atoms with E-state index in [-0.39, 0.29) is 11.5 Å². The Labute approximate surface area is 131 Å². The summed E-state index contributed by atoms with van der Waals surface area (Å²) in [5.74, 6) is -0.209. The minimum absolute atomic E-state index is 0.0382. The number of aliphatic hydroxyl groups is 1. The van der Waals surface area contributed by atoms with Gasteiger partial charge in [0.2, 0.25) is 0 Å². The number of fused-ring (bicyclic) bond motifs is 3.